The van der Waals surface area contributed by atoms with Crippen molar-refractivity contribution in [2.45, 2.75) is 12.8 Å². The van der Waals surface area contributed by atoms with Crippen LogP contribution in [0.2, 0.25) is 0 Å². The molecule has 2 rings (SSSR count). The van der Waals surface area contributed by atoms with E-state index >= 15 is 0 Å². The second kappa shape index (κ2) is 4.94. The highest BCUT2D eigenvalue weighted by molar-refractivity contribution is 5.98. The van der Waals surface area contributed by atoms with Gasteiger partial charge in [0.2, 0.25) is 11.8 Å². The third kappa shape index (κ3) is 2.31. The van der Waals surface area contributed by atoms with Gasteiger partial charge in [0, 0.05) is 20.2 Å². The molecule has 1 aliphatic carbocycles. The molecular weight excluding hydrogens is 232 g/mol. The predicted octanol–water partition coefficient (Wildman–Crippen LogP) is 1.48. The summed E-state index contributed by atoms with van der Waals surface area (Å²) in [6, 6.07) is 3.57. The summed E-state index contributed by atoms with van der Waals surface area (Å²) >= 11 is 0. The molecule has 0 aromatic carbocycles. The van der Waals surface area contributed by atoms with Gasteiger partial charge in [-0.25, -0.2) is 4.98 Å². The Morgan fingerprint density at radius 1 is 1.44 bits per heavy atom. The molecule has 0 atom stereocenters. The molecule has 0 radical (unpaired) electrons. The highest BCUT2D eigenvalue weighted by Crippen LogP contribution is 2.47. The zero-order valence-electron chi connectivity index (χ0n) is 11.0. The minimum atomic E-state index is -0.316. The Labute approximate surface area is 107 Å². The number of ether oxygens (including phenoxy) is 2. The highest BCUT2D eigenvalue weighted by Gasteiger charge is 2.51. The third-order valence-electron chi connectivity index (χ3n) is 3.35. The Morgan fingerprint density at radius 2 is 2.17 bits per heavy atom. The second-order valence-corrected chi connectivity index (χ2v) is 4.64. The van der Waals surface area contributed by atoms with E-state index in [2.05, 4.69) is 4.98 Å². The van der Waals surface area contributed by atoms with Gasteiger partial charge >= 0.3 is 0 Å². The van der Waals surface area contributed by atoms with E-state index in [-0.39, 0.29) is 11.3 Å². The first-order valence-corrected chi connectivity index (χ1v) is 5.90. The van der Waals surface area contributed by atoms with Gasteiger partial charge < -0.3 is 14.4 Å². The van der Waals surface area contributed by atoms with E-state index in [0.29, 0.717) is 12.5 Å². The first-order valence-electron chi connectivity index (χ1n) is 5.90. The number of pyridine rings is 1. The fourth-order valence-corrected chi connectivity index (χ4v) is 2.01. The van der Waals surface area contributed by atoms with E-state index < -0.39 is 0 Å². The summed E-state index contributed by atoms with van der Waals surface area (Å²) < 4.78 is 10.1. The lowest BCUT2D eigenvalue weighted by Crippen LogP contribution is -2.36. The van der Waals surface area contributed by atoms with Crippen LogP contribution in [0.15, 0.2) is 18.3 Å². The molecule has 18 heavy (non-hydrogen) atoms. The highest BCUT2D eigenvalue weighted by atomic mass is 16.5. The molecule has 0 aliphatic heterocycles. The van der Waals surface area contributed by atoms with Gasteiger partial charge in [-0.05, 0) is 18.9 Å². The van der Waals surface area contributed by atoms with Gasteiger partial charge in [0.25, 0.3) is 0 Å². The lowest BCUT2D eigenvalue weighted by Gasteiger charge is -2.22. The van der Waals surface area contributed by atoms with Gasteiger partial charge in [-0.3, -0.25) is 4.79 Å². The summed E-state index contributed by atoms with van der Waals surface area (Å²) in [4.78, 5) is 18.1. The van der Waals surface area contributed by atoms with Crippen LogP contribution in [0.25, 0.3) is 0 Å². The number of rotatable bonds is 5. The van der Waals surface area contributed by atoms with E-state index in [4.69, 9.17) is 9.47 Å². The Morgan fingerprint density at radius 3 is 2.61 bits per heavy atom. The molecule has 0 N–H and O–H groups in total. The van der Waals surface area contributed by atoms with Crippen molar-refractivity contribution in [1.29, 1.82) is 0 Å². The maximum atomic E-state index is 12.4. The van der Waals surface area contributed by atoms with Gasteiger partial charge in [0.05, 0.1) is 31.0 Å². The molecule has 1 aliphatic rings. The van der Waals surface area contributed by atoms with E-state index in [1.54, 1.807) is 38.4 Å². The summed E-state index contributed by atoms with van der Waals surface area (Å²) in [5.41, 5.74) is 0.451. The zero-order chi connectivity index (χ0) is 13.2. The number of methoxy groups -OCH3 is 2. The maximum Gasteiger partial charge on any atom is 0.235 e. The standard InChI is InChI=1S/C13H18N2O3/c1-15(10-4-5-11(18-3)14-8-10)12(16)13(6-7-13)9-17-2/h4-5,8H,6-7,9H2,1-3H3. The number of hydrogen-bond acceptors (Lipinski definition) is 4. The molecule has 5 heteroatoms. The summed E-state index contributed by atoms with van der Waals surface area (Å²) in [5.74, 6) is 0.633. The maximum absolute atomic E-state index is 12.4. The van der Waals surface area contributed by atoms with Crippen LogP contribution in [0.4, 0.5) is 5.69 Å². The van der Waals surface area contributed by atoms with Crippen LogP contribution in [-0.4, -0.2) is 38.8 Å². The van der Waals surface area contributed by atoms with Crippen molar-refractivity contribution in [2.24, 2.45) is 5.41 Å². The van der Waals surface area contributed by atoms with E-state index in [1.165, 1.54) is 0 Å². The van der Waals surface area contributed by atoms with Crippen LogP contribution in [-0.2, 0) is 9.53 Å². The normalized spacial score (nSPS) is 16.2. The van der Waals surface area contributed by atoms with Gasteiger partial charge in [0.1, 0.15) is 0 Å². The van der Waals surface area contributed by atoms with Crippen molar-refractivity contribution >= 4 is 11.6 Å². The molecule has 98 valence electrons. The number of anilines is 1. The number of hydrogen-bond donors (Lipinski definition) is 0. The topological polar surface area (TPSA) is 51.7 Å². The summed E-state index contributed by atoms with van der Waals surface area (Å²) in [6.07, 6.45) is 3.43. The van der Waals surface area contributed by atoms with Crippen LogP contribution in [0.1, 0.15) is 12.8 Å². The van der Waals surface area contributed by atoms with Gasteiger partial charge in [-0.15, -0.1) is 0 Å². The average molecular weight is 250 g/mol. The van der Waals surface area contributed by atoms with Crippen LogP contribution in [0.3, 0.4) is 0 Å². The largest absolute Gasteiger partial charge is 0.481 e. The lowest BCUT2D eigenvalue weighted by atomic mass is 10.1. The Balaban J connectivity index is 2.10. The van der Waals surface area contributed by atoms with E-state index in [0.717, 1.165) is 18.5 Å². The Kier molecular flexibility index (Phi) is 3.52. The van der Waals surface area contributed by atoms with E-state index in [1.807, 2.05) is 6.07 Å². The molecule has 0 unspecified atom stereocenters. The number of amides is 1. The van der Waals surface area contributed by atoms with Gasteiger partial charge in [0.15, 0.2) is 0 Å². The van der Waals surface area contributed by atoms with Crippen molar-refractivity contribution in [2.75, 3.05) is 32.8 Å². The molecule has 0 saturated heterocycles. The summed E-state index contributed by atoms with van der Waals surface area (Å²) in [6.45, 7) is 0.486. The van der Waals surface area contributed by atoms with Crippen molar-refractivity contribution < 1.29 is 14.3 Å². The monoisotopic (exact) mass is 250 g/mol. The summed E-state index contributed by atoms with van der Waals surface area (Å²) in [7, 11) is 4.96. The minimum absolute atomic E-state index is 0.0938. The van der Waals surface area contributed by atoms with Crippen LogP contribution >= 0.6 is 0 Å². The molecule has 1 saturated carbocycles. The number of aromatic nitrogens is 1. The fraction of sp³-hybridized carbons (Fsp3) is 0.538. The zero-order valence-corrected chi connectivity index (χ0v) is 11.0. The van der Waals surface area contributed by atoms with Crippen LogP contribution < -0.4 is 9.64 Å². The van der Waals surface area contributed by atoms with Gasteiger partial charge in [-0.2, -0.15) is 0 Å². The minimum Gasteiger partial charge on any atom is -0.481 e. The molecule has 5 nitrogen and oxygen atoms in total. The first kappa shape index (κ1) is 12.8. The fourth-order valence-electron chi connectivity index (χ4n) is 2.01. The number of carbonyl (C=O) groups is 1. The van der Waals surface area contributed by atoms with Crippen LogP contribution in [0.5, 0.6) is 5.88 Å². The lowest BCUT2D eigenvalue weighted by molar-refractivity contribution is -0.125. The second-order valence-electron chi connectivity index (χ2n) is 4.64. The van der Waals surface area contributed by atoms with Crippen molar-refractivity contribution in [3.8, 4) is 5.88 Å². The molecule has 1 aromatic heterocycles. The Hall–Kier alpha value is -1.62. The smallest absolute Gasteiger partial charge is 0.235 e. The Bertz CT molecular complexity index is 426. The van der Waals surface area contributed by atoms with E-state index in [9.17, 15) is 4.79 Å². The summed E-state index contributed by atoms with van der Waals surface area (Å²) in [5, 5.41) is 0. The van der Waals surface area contributed by atoms with Crippen LogP contribution in [0, 0.1) is 5.41 Å². The molecule has 0 spiro atoms. The van der Waals surface area contributed by atoms with Crippen molar-refractivity contribution in [3.05, 3.63) is 18.3 Å². The predicted molar refractivity (Wildman–Crippen MR) is 67.7 cm³/mol. The third-order valence-corrected chi connectivity index (χ3v) is 3.35. The van der Waals surface area contributed by atoms with Crippen molar-refractivity contribution in [3.63, 3.8) is 0 Å². The van der Waals surface area contributed by atoms with Crippen molar-refractivity contribution in [1.82, 2.24) is 4.98 Å². The number of nitrogens with zero attached hydrogens (tertiary/aromatic N) is 2. The number of carbonyl (C=O) groups excluding carboxylic acids is 1. The average Bonchev–Trinajstić information content (AvgIpc) is 3.18. The molecule has 1 heterocycles. The van der Waals surface area contributed by atoms with Gasteiger partial charge in [-0.1, -0.05) is 0 Å². The molecular formula is C13H18N2O3. The molecule has 0 bridgehead atoms. The molecule has 1 amide bonds. The quantitative estimate of drug-likeness (QED) is 0.794. The first-order chi connectivity index (χ1) is 8.63. The molecule has 1 fully saturated rings. The SMILES string of the molecule is COCC1(C(=O)N(C)c2ccc(OC)nc2)CC1. The molecule has 1 aromatic rings.